The number of hydrogen-bond donors (Lipinski definition) is 2. The Morgan fingerprint density at radius 1 is 1.00 bits per heavy atom. The summed E-state index contributed by atoms with van der Waals surface area (Å²) in [6, 6.07) is 0. The molecule has 4 aliphatic carbocycles. The van der Waals surface area contributed by atoms with E-state index < -0.39 is 6.09 Å². The molecule has 3 saturated carbocycles. The van der Waals surface area contributed by atoms with Crippen molar-refractivity contribution in [1.82, 2.24) is 10.6 Å². The van der Waals surface area contributed by atoms with Gasteiger partial charge in [0, 0.05) is 18.5 Å². The third kappa shape index (κ3) is 4.03. The van der Waals surface area contributed by atoms with Crippen molar-refractivity contribution in [3.63, 3.8) is 0 Å². The second-order valence-electron chi connectivity index (χ2n) is 10.5. The lowest BCUT2D eigenvalue weighted by Gasteiger charge is -2.57. The van der Waals surface area contributed by atoms with Gasteiger partial charge < -0.3 is 15.4 Å². The summed E-state index contributed by atoms with van der Waals surface area (Å²) in [6.07, 6.45) is 10.1. The quantitative estimate of drug-likeness (QED) is 0.462. The third-order valence-corrected chi connectivity index (χ3v) is 9.03. The van der Waals surface area contributed by atoms with Crippen molar-refractivity contribution in [2.75, 3.05) is 13.1 Å². The van der Waals surface area contributed by atoms with Crippen LogP contribution in [0.5, 0.6) is 0 Å². The molecular weight excluding hydrogens is 406 g/mol. The molecule has 0 aromatic rings. The van der Waals surface area contributed by atoms with Crippen LogP contribution in [0.2, 0.25) is 0 Å². The van der Waals surface area contributed by atoms with Gasteiger partial charge in [0.05, 0.1) is 5.71 Å². The molecule has 0 bridgehead atoms. The van der Waals surface area contributed by atoms with Gasteiger partial charge in [0.2, 0.25) is 0 Å². The van der Waals surface area contributed by atoms with Crippen LogP contribution in [0.3, 0.4) is 0 Å². The molecule has 2 N–H and O–H groups in total. The molecule has 0 aromatic carbocycles. The third-order valence-electron chi connectivity index (χ3n) is 9.03. The maximum atomic E-state index is 12.1. The minimum Gasteiger partial charge on any atom is -0.446 e. The topological polar surface area (TPSA) is 89.0 Å². The minimum atomic E-state index is -0.493. The molecule has 4 aliphatic rings. The summed E-state index contributed by atoms with van der Waals surface area (Å²) < 4.78 is 5.89. The Labute approximate surface area is 191 Å². The van der Waals surface area contributed by atoms with Crippen LogP contribution >= 0.6 is 0 Å². The number of nitrogens with zero attached hydrogens (tertiary/aromatic N) is 1. The van der Waals surface area contributed by atoms with E-state index in [0.717, 1.165) is 44.2 Å². The number of allylic oxidation sites excluding steroid dienone is 2. The minimum absolute atomic E-state index is 0.0289. The van der Waals surface area contributed by atoms with Crippen molar-refractivity contribution in [1.29, 1.82) is 0 Å². The van der Waals surface area contributed by atoms with Gasteiger partial charge in [-0.15, -0.1) is 0 Å². The SMILES string of the molecule is CCNC(=O)ON=C1C=C2CC[C@@H]3C(CC[C@@]4(C)C3CC[C@@H]4OC(=O)NCC)[C@@]2(C)CC1. The molecular formula is C25H39N3O4. The number of alkyl carbamates (subject to hydrolysis) is 1. The summed E-state index contributed by atoms with van der Waals surface area (Å²) in [6.45, 7) is 9.71. The number of nitrogens with one attached hydrogen (secondary N) is 2. The van der Waals surface area contributed by atoms with Gasteiger partial charge in [0.15, 0.2) is 0 Å². The fraction of sp³-hybridized carbons (Fsp3) is 0.800. The number of oxime groups is 1. The second kappa shape index (κ2) is 9.06. The number of carbonyl (C=O) groups excluding carboxylic acids is 2. The molecule has 32 heavy (non-hydrogen) atoms. The van der Waals surface area contributed by atoms with E-state index >= 15 is 0 Å². The molecule has 178 valence electrons. The molecule has 0 aromatic heterocycles. The molecule has 7 nitrogen and oxygen atoms in total. The fourth-order valence-corrected chi connectivity index (χ4v) is 7.38. The molecule has 0 heterocycles. The van der Waals surface area contributed by atoms with Gasteiger partial charge in [-0.05, 0) is 94.5 Å². The van der Waals surface area contributed by atoms with E-state index in [9.17, 15) is 9.59 Å². The average Bonchev–Trinajstić information content (AvgIpc) is 3.08. The van der Waals surface area contributed by atoms with Crippen molar-refractivity contribution in [2.45, 2.75) is 85.2 Å². The lowest BCUT2D eigenvalue weighted by molar-refractivity contribution is -0.0751. The van der Waals surface area contributed by atoms with E-state index in [0.29, 0.717) is 30.8 Å². The molecule has 3 fully saturated rings. The highest BCUT2D eigenvalue weighted by Gasteiger charge is 2.59. The van der Waals surface area contributed by atoms with Crippen LogP contribution in [-0.4, -0.2) is 37.1 Å². The average molecular weight is 446 g/mol. The molecule has 0 saturated heterocycles. The lowest BCUT2D eigenvalue weighted by Crippen LogP contribution is -2.52. The first-order valence-electron chi connectivity index (χ1n) is 12.5. The van der Waals surface area contributed by atoms with E-state index in [4.69, 9.17) is 9.57 Å². The van der Waals surface area contributed by atoms with Crippen molar-refractivity contribution in [3.8, 4) is 0 Å². The van der Waals surface area contributed by atoms with Gasteiger partial charge >= 0.3 is 12.2 Å². The van der Waals surface area contributed by atoms with E-state index in [1.54, 1.807) is 0 Å². The summed E-state index contributed by atoms with van der Waals surface area (Å²) in [7, 11) is 0. The smallest absolute Gasteiger partial charge is 0.433 e. The predicted molar refractivity (Wildman–Crippen MR) is 123 cm³/mol. The Morgan fingerprint density at radius 2 is 1.75 bits per heavy atom. The van der Waals surface area contributed by atoms with Gasteiger partial charge in [-0.2, -0.15) is 0 Å². The maximum Gasteiger partial charge on any atom is 0.433 e. The van der Waals surface area contributed by atoms with Crippen LogP contribution in [0.4, 0.5) is 9.59 Å². The van der Waals surface area contributed by atoms with Crippen LogP contribution < -0.4 is 10.6 Å². The monoisotopic (exact) mass is 445 g/mol. The van der Waals surface area contributed by atoms with E-state index in [1.807, 2.05) is 13.8 Å². The Balaban J connectivity index is 1.48. The highest BCUT2D eigenvalue weighted by molar-refractivity contribution is 5.96. The Morgan fingerprint density at radius 3 is 2.50 bits per heavy atom. The maximum absolute atomic E-state index is 12.1. The van der Waals surface area contributed by atoms with Crippen LogP contribution in [0, 0.1) is 28.6 Å². The predicted octanol–water partition coefficient (Wildman–Crippen LogP) is 5.17. The van der Waals surface area contributed by atoms with Crippen molar-refractivity contribution in [3.05, 3.63) is 11.6 Å². The summed E-state index contributed by atoms with van der Waals surface area (Å²) in [4.78, 5) is 28.7. The molecule has 2 unspecified atom stereocenters. The zero-order chi connectivity index (χ0) is 22.9. The van der Waals surface area contributed by atoms with Crippen LogP contribution in [0.15, 0.2) is 16.8 Å². The summed E-state index contributed by atoms with van der Waals surface area (Å²) in [5, 5.41) is 9.53. The van der Waals surface area contributed by atoms with Crippen LogP contribution in [0.25, 0.3) is 0 Å². The van der Waals surface area contributed by atoms with Gasteiger partial charge in [0.25, 0.3) is 0 Å². The standard InChI is InChI=1S/C25H39N3O4/c1-5-26-22(29)31-21-10-9-19-18-8-7-16-15-17(28-32-23(30)27-6-2)11-13-24(16,3)20(18)12-14-25(19,21)4/h15,18-21H,5-14H2,1-4H3,(H,26,29)(H,27,30)/t18-,19?,20?,21-,24-,25-/m0/s1. The Kier molecular flexibility index (Phi) is 6.55. The number of fused-ring (bicyclic) bond motifs is 5. The van der Waals surface area contributed by atoms with Gasteiger partial charge in [-0.1, -0.05) is 24.6 Å². The fourth-order valence-electron chi connectivity index (χ4n) is 7.38. The molecule has 4 rings (SSSR count). The van der Waals surface area contributed by atoms with Gasteiger partial charge in [0.1, 0.15) is 6.10 Å². The first-order valence-corrected chi connectivity index (χ1v) is 12.5. The number of rotatable bonds is 4. The van der Waals surface area contributed by atoms with Gasteiger partial charge in [-0.3, -0.25) is 4.84 Å². The van der Waals surface area contributed by atoms with Crippen molar-refractivity contribution < 1.29 is 19.2 Å². The summed E-state index contributed by atoms with van der Waals surface area (Å²) >= 11 is 0. The normalized spacial score (nSPS) is 39.2. The second-order valence-corrected chi connectivity index (χ2v) is 10.5. The highest BCUT2D eigenvalue weighted by Crippen LogP contribution is 2.65. The molecule has 7 heteroatoms. The van der Waals surface area contributed by atoms with E-state index in [1.165, 1.54) is 18.4 Å². The molecule has 2 amide bonds. The highest BCUT2D eigenvalue weighted by atomic mass is 16.7. The first kappa shape index (κ1) is 23.1. The Bertz CT molecular complexity index is 809. The molecule has 6 atom stereocenters. The van der Waals surface area contributed by atoms with Crippen LogP contribution in [0.1, 0.15) is 79.1 Å². The molecule has 0 aliphatic heterocycles. The van der Waals surface area contributed by atoms with E-state index in [2.05, 4.69) is 35.7 Å². The summed E-state index contributed by atoms with van der Waals surface area (Å²) in [5.41, 5.74) is 2.62. The summed E-state index contributed by atoms with van der Waals surface area (Å²) in [5.74, 6) is 1.97. The zero-order valence-corrected chi connectivity index (χ0v) is 20.0. The number of hydrogen-bond acceptors (Lipinski definition) is 5. The first-order chi connectivity index (χ1) is 15.3. The number of ether oxygens (including phenoxy) is 1. The zero-order valence-electron chi connectivity index (χ0n) is 20.0. The number of carbonyl (C=O) groups is 2. The largest absolute Gasteiger partial charge is 0.446 e. The van der Waals surface area contributed by atoms with Gasteiger partial charge in [-0.25, -0.2) is 9.59 Å². The van der Waals surface area contributed by atoms with E-state index in [-0.39, 0.29) is 23.0 Å². The molecule has 0 spiro atoms. The lowest BCUT2D eigenvalue weighted by atomic mass is 9.47. The van der Waals surface area contributed by atoms with Crippen LogP contribution in [-0.2, 0) is 9.57 Å². The molecule has 0 radical (unpaired) electrons. The number of amides is 2. The van der Waals surface area contributed by atoms with Crippen molar-refractivity contribution >= 4 is 17.9 Å². The van der Waals surface area contributed by atoms with Crippen molar-refractivity contribution in [2.24, 2.45) is 33.7 Å². The Hall–Kier alpha value is -2.05.